The fraction of sp³-hybridized carbons (Fsp3) is 0.649. The molecule has 6 rings (SSSR count). The summed E-state index contributed by atoms with van der Waals surface area (Å²) in [4.78, 5) is 21.7. The van der Waals surface area contributed by atoms with Crippen LogP contribution in [-0.2, 0) is 4.74 Å². The topological polar surface area (TPSA) is 83.4 Å². The molecule has 1 aromatic carbocycles. The van der Waals surface area contributed by atoms with Crippen molar-refractivity contribution < 1.29 is 19.0 Å². The van der Waals surface area contributed by atoms with Crippen LogP contribution in [0.3, 0.4) is 0 Å². The Morgan fingerprint density at radius 1 is 0.378 bits per heavy atom. The number of aromatic nitrogens is 4. The summed E-state index contributed by atoms with van der Waals surface area (Å²) in [6.45, 7) is 11.5. The van der Waals surface area contributed by atoms with Gasteiger partial charge in [0.05, 0.1) is 48.0 Å². The first-order valence-electron chi connectivity index (χ1n) is 34.4. The highest BCUT2D eigenvalue weighted by Crippen LogP contribution is 2.46. The van der Waals surface area contributed by atoms with Crippen molar-refractivity contribution >= 4 is 46.1 Å². The molecular weight excluding hydrogens is 1010 g/mol. The van der Waals surface area contributed by atoms with Crippen molar-refractivity contribution in [3.8, 4) is 22.6 Å². The summed E-state index contributed by atoms with van der Waals surface area (Å²) < 4.78 is 23.8. The van der Waals surface area contributed by atoms with Gasteiger partial charge in [-0.2, -0.15) is 4.73 Å². The molecule has 0 radical (unpaired) electrons. The van der Waals surface area contributed by atoms with Gasteiger partial charge in [-0.1, -0.05) is 283 Å². The molecule has 5 heterocycles. The Bertz CT molecular complexity index is 2540. The number of fused-ring (bicyclic) bond motifs is 8. The first-order valence-corrected chi connectivity index (χ1v) is 34.4. The zero-order valence-electron chi connectivity index (χ0n) is 52.6. The number of hydrogen-bond acceptors (Lipinski definition) is 6. The number of rotatable bonds is 49. The minimum atomic E-state index is 0.542. The zero-order valence-corrected chi connectivity index (χ0v) is 52.6. The molecule has 8 bridgehead atoms. The van der Waals surface area contributed by atoms with E-state index in [2.05, 4.69) is 116 Å². The van der Waals surface area contributed by atoms with Gasteiger partial charge in [0.1, 0.15) is 6.61 Å². The van der Waals surface area contributed by atoms with E-state index in [1.165, 1.54) is 205 Å². The molecule has 4 aromatic rings. The Hall–Kier alpha value is -4.98. The fourth-order valence-electron chi connectivity index (χ4n) is 11.7. The lowest BCUT2D eigenvalue weighted by molar-refractivity contribution is 0.122. The number of H-pyrrole nitrogens is 1. The standard InChI is InChI=1S/C74H114N4O4/c1-5-9-13-17-21-25-29-33-37-44-54-79-69-61-67-59-65-51-50-63(75-65)58-64-52-53-66(76-64)60-68-70(62-48-42-41-43-49-62)73(80-55-45-38-34-30-26-22-18-14-10-6-2)72(78(68)82-57-47-40-36-32-28-24-20-16-12-8-4)74(71(69)77-67)81-56-46-39-35-31-27-23-19-15-11-7-3/h41-43,48-53,58-61,75H,5-40,44-47,54-57H2,1-4H3. The Morgan fingerprint density at radius 2 is 0.768 bits per heavy atom. The van der Waals surface area contributed by atoms with E-state index in [9.17, 15) is 0 Å². The average Bonchev–Trinajstić information content (AvgIpc) is 3.97. The van der Waals surface area contributed by atoms with Gasteiger partial charge < -0.3 is 24.0 Å². The van der Waals surface area contributed by atoms with Crippen molar-refractivity contribution in [2.24, 2.45) is 0 Å². The maximum atomic E-state index is 7.38. The summed E-state index contributed by atoms with van der Waals surface area (Å²) in [7, 11) is 0. The molecule has 0 fully saturated rings. The summed E-state index contributed by atoms with van der Waals surface area (Å²) >= 11 is 0. The molecule has 1 N–H and O–H groups in total. The van der Waals surface area contributed by atoms with Crippen molar-refractivity contribution in [1.29, 1.82) is 0 Å². The van der Waals surface area contributed by atoms with Gasteiger partial charge in [0.25, 0.3) is 0 Å². The highest BCUT2D eigenvalue weighted by molar-refractivity contribution is 5.98. The second-order valence-electron chi connectivity index (χ2n) is 24.0. The molecule has 2 aliphatic rings. The van der Waals surface area contributed by atoms with Crippen LogP contribution in [0.2, 0.25) is 0 Å². The number of hydrogen-bond donors (Lipinski definition) is 1. The van der Waals surface area contributed by atoms with E-state index in [1.54, 1.807) is 0 Å². The normalized spacial score (nSPS) is 12.1. The second kappa shape index (κ2) is 41.9. The first-order chi connectivity index (χ1) is 40.6. The molecule has 454 valence electrons. The first kappa shape index (κ1) is 66.2. The predicted octanol–water partition coefficient (Wildman–Crippen LogP) is 23.0. The minimum absolute atomic E-state index is 0.542. The number of nitrogens with zero attached hydrogens (tertiary/aromatic N) is 3. The minimum Gasteiger partial charge on any atom is -0.491 e. The van der Waals surface area contributed by atoms with Gasteiger partial charge in [-0.15, -0.1) is 0 Å². The van der Waals surface area contributed by atoms with Gasteiger partial charge >= 0.3 is 0 Å². The molecule has 3 aromatic heterocycles. The molecule has 0 spiro atoms. The summed E-state index contributed by atoms with van der Waals surface area (Å²) in [5.74, 6) is 2.15. The van der Waals surface area contributed by atoms with Gasteiger partial charge in [-0.25, -0.2) is 9.97 Å². The van der Waals surface area contributed by atoms with E-state index in [1.807, 2.05) is 0 Å². The molecule has 0 aliphatic carbocycles. The number of nitrogens with one attached hydrogen (secondary N) is 1. The van der Waals surface area contributed by atoms with Crippen molar-refractivity contribution in [1.82, 2.24) is 19.7 Å². The maximum absolute atomic E-state index is 7.38. The number of benzene rings is 1. The monoisotopic (exact) mass is 1120 g/mol. The van der Waals surface area contributed by atoms with Crippen molar-refractivity contribution in [3.05, 3.63) is 83.4 Å². The van der Waals surface area contributed by atoms with E-state index in [0.717, 1.165) is 113 Å². The molecule has 0 saturated carbocycles. The van der Waals surface area contributed by atoms with Crippen LogP contribution >= 0.6 is 0 Å². The van der Waals surface area contributed by atoms with Crippen molar-refractivity contribution in [3.63, 3.8) is 0 Å². The van der Waals surface area contributed by atoms with Crippen LogP contribution in [0.4, 0.5) is 0 Å². The Morgan fingerprint density at radius 3 is 1.23 bits per heavy atom. The molecule has 0 unspecified atom stereocenters. The quantitative estimate of drug-likeness (QED) is 0.0391. The number of unbranched alkanes of at least 4 members (excludes halogenated alkanes) is 36. The van der Waals surface area contributed by atoms with Crippen molar-refractivity contribution in [2.75, 3.05) is 26.4 Å². The number of ether oxygens (including phenoxy) is 3. The Balaban J connectivity index is 1.43. The lowest BCUT2D eigenvalue weighted by Crippen LogP contribution is -2.14. The predicted molar refractivity (Wildman–Crippen MR) is 353 cm³/mol. The van der Waals surface area contributed by atoms with Gasteiger partial charge in [-0.05, 0) is 80.2 Å². The molecule has 0 atom stereocenters. The smallest absolute Gasteiger partial charge is 0.179 e. The fourth-order valence-corrected chi connectivity index (χ4v) is 11.7. The summed E-state index contributed by atoms with van der Waals surface area (Å²) in [5.41, 5.74) is 8.88. The molecule has 2 aliphatic heterocycles. The Labute approximate surface area is 499 Å². The molecule has 82 heavy (non-hydrogen) atoms. The number of aromatic amines is 1. The third kappa shape index (κ3) is 24.7. The SMILES string of the molecule is CCCCCCCCCCCCOC1=Cc2cc3ccc(cc4nc(cc5c(-c6ccccc6)c(OCCCCCCCCCCCC)c(c(OCCCCCCCCCCCC)c1n2)n5OCCCCCCCCCCCC)C=C4)[nH]3. The molecule has 8 heteroatoms. The van der Waals surface area contributed by atoms with Crippen LogP contribution in [0.15, 0.2) is 60.7 Å². The highest BCUT2D eigenvalue weighted by Gasteiger charge is 2.29. The van der Waals surface area contributed by atoms with E-state index < -0.39 is 0 Å². The molecule has 8 nitrogen and oxygen atoms in total. The summed E-state index contributed by atoms with van der Waals surface area (Å²) in [5, 5.41) is 0. The van der Waals surface area contributed by atoms with Crippen LogP contribution in [0.1, 0.15) is 307 Å². The van der Waals surface area contributed by atoms with Crippen LogP contribution in [-0.4, -0.2) is 46.1 Å². The van der Waals surface area contributed by atoms with E-state index >= 15 is 0 Å². The van der Waals surface area contributed by atoms with Crippen LogP contribution in [0.5, 0.6) is 11.5 Å². The third-order valence-corrected chi connectivity index (χ3v) is 16.6. The van der Waals surface area contributed by atoms with Gasteiger partial charge in [0.15, 0.2) is 28.5 Å². The molecule has 0 saturated heterocycles. The van der Waals surface area contributed by atoms with E-state index in [0.29, 0.717) is 37.9 Å². The van der Waals surface area contributed by atoms with Crippen LogP contribution in [0, 0.1) is 0 Å². The van der Waals surface area contributed by atoms with Gasteiger partial charge in [0.2, 0.25) is 0 Å². The molecule has 0 amide bonds. The molecular formula is C74H114N4O4. The third-order valence-electron chi connectivity index (χ3n) is 16.6. The lowest BCUT2D eigenvalue weighted by Gasteiger charge is -2.16. The zero-order chi connectivity index (χ0) is 57.3. The van der Waals surface area contributed by atoms with Gasteiger partial charge in [-0.3, -0.25) is 0 Å². The average molecular weight is 1120 g/mol. The largest absolute Gasteiger partial charge is 0.491 e. The second-order valence-corrected chi connectivity index (χ2v) is 24.0. The lowest BCUT2D eigenvalue weighted by atomic mass is 10.1. The Kier molecular flexibility index (Phi) is 33.8. The van der Waals surface area contributed by atoms with Crippen LogP contribution < -0.4 is 14.3 Å². The van der Waals surface area contributed by atoms with E-state index in [4.69, 9.17) is 29.0 Å². The van der Waals surface area contributed by atoms with Gasteiger partial charge in [0, 0.05) is 17.1 Å². The summed E-state index contributed by atoms with van der Waals surface area (Å²) in [6, 6.07) is 21.5. The van der Waals surface area contributed by atoms with Crippen LogP contribution in [0.25, 0.3) is 57.2 Å². The summed E-state index contributed by atoms with van der Waals surface area (Å²) in [6.07, 6.45) is 56.8. The van der Waals surface area contributed by atoms with E-state index in [-0.39, 0.29) is 0 Å². The maximum Gasteiger partial charge on any atom is 0.179 e. The van der Waals surface area contributed by atoms with Crippen molar-refractivity contribution in [2.45, 2.75) is 285 Å². The highest BCUT2D eigenvalue weighted by atomic mass is 16.7.